The van der Waals surface area contributed by atoms with Gasteiger partial charge in [0.05, 0.1) is 0 Å². The average molecular weight is 262 g/mol. The number of nitrogens with one attached hydrogen (secondary N) is 1. The summed E-state index contributed by atoms with van der Waals surface area (Å²) >= 11 is 0. The van der Waals surface area contributed by atoms with E-state index in [1.807, 2.05) is 6.92 Å². The minimum Gasteiger partial charge on any atom is -0.366 e. The standard InChI is InChI=1S/C14H18N2O3/c1-9-6-11(14(15)19)8-12(7-9)16-13(18)5-3-4-10(2)17/h6-8H,3-5H2,1-2H3,(H2,15,19)(H,16,18). The van der Waals surface area contributed by atoms with Crippen LogP contribution >= 0.6 is 0 Å². The van der Waals surface area contributed by atoms with E-state index in [1.165, 1.54) is 13.0 Å². The Morgan fingerprint density at radius 2 is 1.84 bits per heavy atom. The van der Waals surface area contributed by atoms with Gasteiger partial charge in [-0.2, -0.15) is 0 Å². The number of anilines is 1. The van der Waals surface area contributed by atoms with Gasteiger partial charge in [0.1, 0.15) is 5.78 Å². The predicted octanol–water partition coefficient (Wildman–Crippen LogP) is 1.79. The summed E-state index contributed by atoms with van der Waals surface area (Å²) in [5, 5.41) is 2.69. The number of hydrogen-bond donors (Lipinski definition) is 2. The van der Waals surface area contributed by atoms with Crippen molar-refractivity contribution in [3.63, 3.8) is 0 Å². The Morgan fingerprint density at radius 1 is 1.16 bits per heavy atom. The fraction of sp³-hybridized carbons (Fsp3) is 0.357. The molecule has 2 amide bonds. The van der Waals surface area contributed by atoms with Crippen LogP contribution in [0.5, 0.6) is 0 Å². The fourth-order valence-corrected chi connectivity index (χ4v) is 1.72. The maximum absolute atomic E-state index is 11.6. The number of nitrogens with two attached hydrogens (primary N) is 1. The van der Waals surface area contributed by atoms with Crippen LogP contribution in [0.4, 0.5) is 5.69 Å². The number of Topliss-reactive ketones (excluding diaryl/α,β-unsaturated/α-hetero) is 1. The van der Waals surface area contributed by atoms with Gasteiger partial charge in [-0.15, -0.1) is 0 Å². The SMILES string of the molecule is CC(=O)CCCC(=O)Nc1cc(C)cc(C(N)=O)c1. The second kappa shape index (κ2) is 6.68. The quantitative estimate of drug-likeness (QED) is 0.819. The van der Waals surface area contributed by atoms with Gasteiger partial charge < -0.3 is 15.8 Å². The maximum Gasteiger partial charge on any atom is 0.248 e. The molecule has 102 valence electrons. The summed E-state index contributed by atoms with van der Waals surface area (Å²) in [6, 6.07) is 4.96. The number of carbonyl (C=O) groups is 3. The van der Waals surface area contributed by atoms with Gasteiger partial charge in [-0.1, -0.05) is 0 Å². The lowest BCUT2D eigenvalue weighted by molar-refractivity contribution is -0.117. The average Bonchev–Trinajstić information content (AvgIpc) is 2.27. The van der Waals surface area contributed by atoms with Crippen molar-refractivity contribution < 1.29 is 14.4 Å². The van der Waals surface area contributed by atoms with Crippen LogP contribution in [0.1, 0.15) is 42.1 Å². The van der Waals surface area contributed by atoms with Crippen LogP contribution in [-0.4, -0.2) is 17.6 Å². The molecule has 1 aromatic rings. The molecule has 0 unspecified atom stereocenters. The number of amides is 2. The first-order valence-corrected chi connectivity index (χ1v) is 6.09. The Balaban J connectivity index is 2.63. The van der Waals surface area contributed by atoms with Gasteiger partial charge in [0.25, 0.3) is 0 Å². The zero-order valence-corrected chi connectivity index (χ0v) is 11.2. The van der Waals surface area contributed by atoms with E-state index in [0.29, 0.717) is 24.1 Å². The van der Waals surface area contributed by atoms with Crippen molar-refractivity contribution in [3.8, 4) is 0 Å². The molecular formula is C14H18N2O3. The molecule has 0 aliphatic rings. The van der Waals surface area contributed by atoms with Crippen LogP contribution in [0.2, 0.25) is 0 Å². The molecule has 0 spiro atoms. The van der Waals surface area contributed by atoms with Gasteiger partial charge in [0.15, 0.2) is 0 Å². The van der Waals surface area contributed by atoms with Crippen molar-refractivity contribution in [2.75, 3.05) is 5.32 Å². The fourth-order valence-electron chi connectivity index (χ4n) is 1.72. The zero-order chi connectivity index (χ0) is 14.4. The first-order valence-electron chi connectivity index (χ1n) is 6.09. The smallest absolute Gasteiger partial charge is 0.248 e. The molecule has 1 aromatic carbocycles. The van der Waals surface area contributed by atoms with Crippen molar-refractivity contribution in [2.24, 2.45) is 5.73 Å². The third-order valence-corrected chi connectivity index (χ3v) is 2.58. The lowest BCUT2D eigenvalue weighted by atomic mass is 10.1. The summed E-state index contributed by atoms with van der Waals surface area (Å²) in [5.74, 6) is -0.641. The van der Waals surface area contributed by atoms with Crippen molar-refractivity contribution in [1.82, 2.24) is 0 Å². The molecule has 0 aliphatic heterocycles. The first kappa shape index (κ1) is 14.9. The topological polar surface area (TPSA) is 89.3 Å². The molecule has 0 saturated carbocycles. The normalized spacial score (nSPS) is 10.0. The number of carbonyl (C=O) groups excluding carboxylic acids is 3. The highest BCUT2D eigenvalue weighted by atomic mass is 16.2. The molecule has 0 saturated heterocycles. The molecule has 0 aliphatic carbocycles. The molecule has 0 radical (unpaired) electrons. The number of aryl methyl sites for hydroxylation is 1. The summed E-state index contributed by atoms with van der Waals surface area (Å²) in [7, 11) is 0. The summed E-state index contributed by atoms with van der Waals surface area (Å²) in [4.78, 5) is 33.5. The molecule has 3 N–H and O–H groups in total. The van der Waals surface area contributed by atoms with E-state index in [-0.39, 0.29) is 18.1 Å². The van der Waals surface area contributed by atoms with Crippen LogP contribution in [0.3, 0.4) is 0 Å². The second-order valence-electron chi connectivity index (χ2n) is 4.56. The Bertz CT molecular complexity index is 509. The van der Waals surface area contributed by atoms with Gasteiger partial charge >= 0.3 is 0 Å². The van der Waals surface area contributed by atoms with Gasteiger partial charge in [-0.25, -0.2) is 0 Å². The van der Waals surface area contributed by atoms with E-state index >= 15 is 0 Å². The summed E-state index contributed by atoms with van der Waals surface area (Å²) in [6.45, 7) is 3.31. The molecule has 5 heteroatoms. The van der Waals surface area contributed by atoms with Gasteiger partial charge in [-0.05, 0) is 44.0 Å². The van der Waals surface area contributed by atoms with Gasteiger partial charge in [0.2, 0.25) is 11.8 Å². The minimum absolute atomic E-state index is 0.0689. The number of hydrogen-bond acceptors (Lipinski definition) is 3. The van der Waals surface area contributed by atoms with E-state index in [9.17, 15) is 14.4 Å². The van der Waals surface area contributed by atoms with E-state index in [0.717, 1.165) is 5.56 Å². The van der Waals surface area contributed by atoms with E-state index in [2.05, 4.69) is 5.32 Å². The molecule has 0 atom stereocenters. The summed E-state index contributed by atoms with van der Waals surface area (Å²) in [5.41, 5.74) is 6.95. The minimum atomic E-state index is -0.532. The van der Waals surface area contributed by atoms with Crippen molar-refractivity contribution in [1.29, 1.82) is 0 Å². The monoisotopic (exact) mass is 262 g/mol. The number of rotatable bonds is 6. The Morgan fingerprint density at radius 3 is 2.42 bits per heavy atom. The van der Waals surface area contributed by atoms with Crippen LogP contribution in [0, 0.1) is 6.92 Å². The van der Waals surface area contributed by atoms with Crippen molar-refractivity contribution in [2.45, 2.75) is 33.1 Å². The third-order valence-electron chi connectivity index (χ3n) is 2.58. The molecule has 0 fully saturated rings. The van der Waals surface area contributed by atoms with E-state index in [4.69, 9.17) is 5.73 Å². The van der Waals surface area contributed by atoms with Gasteiger partial charge in [0, 0.05) is 24.1 Å². The van der Waals surface area contributed by atoms with Crippen LogP contribution in [0.25, 0.3) is 0 Å². The second-order valence-corrected chi connectivity index (χ2v) is 4.56. The Hall–Kier alpha value is -2.17. The Labute approximate surface area is 112 Å². The predicted molar refractivity (Wildman–Crippen MR) is 72.9 cm³/mol. The molecule has 0 aromatic heterocycles. The lowest BCUT2D eigenvalue weighted by Gasteiger charge is -2.07. The molecule has 0 bridgehead atoms. The molecule has 5 nitrogen and oxygen atoms in total. The van der Waals surface area contributed by atoms with Crippen LogP contribution < -0.4 is 11.1 Å². The number of ketones is 1. The Kier molecular flexibility index (Phi) is 5.23. The lowest BCUT2D eigenvalue weighted by Crippen LogP contribution is -2.14. The third kappa shape index (κ3) is 5.33. The maximum atomic E-state index is 11.6. The molecular weight excluding hydrogens is 244 g/mol. The van der Waals surface area contributed by atoms with Gasteiger partial charge in [-0.3, -0.25) is 9.59 Å². The highest BCUT2D eigenvalue weighted by molar-refractivity contribution is 5.96. The number of benzene rings is 1. The van der Waals surface area contributed by atoms with Crippen LogP contribution in [0.15, 0.2) is 18.2 Å². The number of primary amides is 1. The van der Waals surface area contributed by atoms with E-state index in [1.54, 1.807) is 12.1 Å². The summed E-state index contributed by atoms with van der Waals surface area (Å²) < 4.78 is 0. The van der Waals surface area contributed by atoms with Crippen molar-refractivity contribution >= 4 is 23.3 Å². The highest BCUT2D eigenvalue weighted by Crippen LogP contribution is 2.15. The van der Waals surface area contributed by atoms with Crippen molar-refractivity contribution in [3.05, 3.63) is 29.3 Å². The molecule has 0 heterocycles. The largest absolute Gasteiger partial charge is 0.366 e. The highest BCUT2D eigenvalue weighted by Gasteiger charge is 2.07. The summed E-state index contributed by atoms with van der Waals surface area (Å²) in [6.07, 6.45) is 1.20. The first-order chi connectivity index (χ1) is 8.88. The van der Waals surface area contributed by atoms with E-state index < -0.39 is 5.91 Å². The molecule has 19 heavy (non-hydrogen) atoms. The molecule has 1 rings (SSSR count). The zero-order valence-electron chi connectivity index (χ0n) is 11.2. The van der Waals surface area contributed by atoms with Crippen LogP contribution in [-0.2, 0) is 9.59 Å².